The summed E-state index contributed by atoms with van der Waals surface area (Å²) in [5.74, 6) is 0.910. The molecule has 0 aliphatic carbocycles. The van der Waals surface area contributed by atoms with Crippen molar-refractivity contribution in [3.63, 3.8) is 0 Å². The lowest BCUT2D eigenvalue weighted by atomic mass is 10.3. The lowest BCUT2D eigenvalue weighted by molar-refractivity contribution is -0.385. The number of hydrogen-bond donors (Lipinski definition) is 0. The van der Waals surface area contributed by atoms with Crippen LogP contribution in [0.15, 0.2) is 27.6 Å². The molecule has 0 saturated heterocycles. The van der Waals surface area contributed by atoms with Gasteiger partial charge in [-0.05, 0) is 11.8 Å². The summed E-state index contributed by atoms with van der Waals surface area (Å²) >= 11 is 4.82. The fraction of sp³-hybridized carbons (Fsp3) is 0.250. The highest BCUT2D eigenvalue weighted by molar-refractivity contribution is 9.10. The third-order valence-electron chi connectivity index (χ3n) is 1.38. The Balaban J connectivity index is 3.03. The van der Waals surface area contributed by atoms with Crippen molar-refractivity contribution in [2.45, 2.75) is 11.8 Å². The summed E-state index contributed by atoms with van der Waals surface area (Å²) in [4.78, 5) is 11.0. The Bertz CT molecular complexity index is 330. The molecule has 70 valence electrons. The van der Waals surface area contributed by atoms with Crippen molar-refractivity contribution >= 4 is 33.4 Å². The number of halogens is 1. The van der Waals surface area contributed by atoms with Crippen LogP contribution in [0.5, 0.6) is 0 Å². The number of hydrogen-bond acceptors (Lipinski definition) is 3. The Morgan fingerprint density at radius 2 is 2.23 bits per heavy atom. The van der Waals surface area contributed by atoms with Crippen molar-refractivity contribution in [3.05, 3.63) is 32.8 Å². The van der Waals surface area contributed by atoms with E-state index in [1.54, 1.807) is 17.8 Å². The van der Waals surface area contributed by atoms with E-state index >= 15 is 0 Å². The van der Waals surface area contributed by atoms with Crippen LogP contribution in [-0.4, -0.2) is 10.7 Å². The van der Waals surface area contributed by atoms with E-state index in [0.717, 1.165) is 15.1 Å². The topological polar surface area (TPSA) is 43.1 Å². The largest absolute Gasteiger partial charge is 0.271 e. The Hall–Kier alpha value is -0.550. The summed E-state index contributed by atoms with van der Waals surface area (Å²) in [6.07, 6.45) is 0. The van der Waals surface area contributed by atoms with Crippen LogP contribution >= 0.6 is 27.7 Å². The molecule has 13 heavy (non-hydrogen) atoms. The maximum absolute atomic E-state index is 10.5. The predicted octanol–water partition coefficient (Wildman–Crippen LogP) is 3.47. The molecule has 0 N–H and O–H groups in total. The molecule has 0 heterocycles. The number of nitro groups is 1. The lowest BCUT2D eigenvalue weighted by Crippen LogP contribution is -1.88. The molecule has 0 fully saturated rings. The van der Waals surface area contributed by atoms with Crippen molar-refractivity contribution < 1.29 is 4.92 Å². The molecule has 0 amide bonds. The zero-order valence-corrected chi connectivity index (χ0v) is 9.39. The van der Waals surface area contributed by atoms with Crippen LogP contribution in [0.2, 0.25) is 0 Å². The molecule has 0 atom stereocenters. The molecule has 0 aliphatic heterocycles. The molecule has 0 aromatic heterocycles. The van der Waals surface area contributed by atoms with Crippen molar-refractivity contribution in [2.24, 2.45) is 0 Å². The molecule has 1 aromatic rings. The van der Waals surface area contributed by atoms with Crippen molar-refractivity contribution in [1.82, 2.24) is 0 Å². The van der Waals surface area contributed by atoms with Gasteiger partial charge >= 0.3 is 0 Å². The van der Waals surface area contributed by atoms with E-state index in [1.807, 2.05) is 13.0 Å². The zero-order chi connectivity index (χ0) is 9.84. The third kappa shape index (κ3) is 3.00. The summed E-state index contributed by atoms with van der Waals surface area (Å²) in [6.45, 7) is 2.01. The van der Waals surface area contributed by atoms with Crippen LogP contribution in [0.4, 0.5) is 5.69 Å². The zero-order valence-electron chi connectivity index (χ0n) is 6.99. The fourth-order valence-electron chi connectivity index (χ4n) is 0.903. The van der Waals surface area contributed by atoms with Crippen molar-refractivity contribution in [3.8, 4) is 0 Å². The normalized spacial score (nSPS) is 10.0. The first-order valence-corrected chi connectivity index (χ1v) is 5.49. The molecule has 0 aliphatic rings. The molecule has 0 saturated carbocycles. The summed E-state index contributed by atoms with van der Waals surface area (Å²) < 4.78 is 0.748. The Labute approximate surface area is 88.8 Å². The molecule has 0 bridgehead atoms. The first-order chi connectivity index (χ1) is 6.13. The molecule has 5 heteroatoms. The van der Waals surface area contributed by atoms with Gasteiger partial charge in [0.2, 0.25) is 0 Å². The summed E-state index contributed by atoms with van der Waals surface area (Å²) in [5, 5.41) is 10.5. The van der Waals surface area contributed by atoms with E-state index in [0.29, 0.717) is 0 Å². The van der Waals surface area contributed by atoms with Crippen LogP contribution in [-0.2, 0) is 0 Å². The lowest BCUT2D eigenvalue weighted by Gasteiger charge is -1.99. The standard InChI is InChI=1S/C8H8BrNO2S/c1-2-13-8-4-6(9)3-7(5-8)10(11)12/h3-5H,2H2,1H3. The number of nitro benzene ring substituents is 1. The summed E-state index contributed by atoms with van der Waals surface area (Å²) in [7, 11) is 0. The van der Waals surface area contributed by atoms with E-state index in [4.69, 9.17) is 0 Å². The first kappa shape index (κ1) is 10.5. The van der Waals surface area contributed by atoms with Crippen LogP contribution < -0.4 is 0 Å². The van der Waals surface area contributed by atoms with E-state index in [2.05, 4.69) is 15.9 Å². The van der Waals surface area contributed by atoms with Gasteiger partial charge in [0.25, 0.3) is 5.69 Å². The minimum Gasteiger partial charge on any atom is -0.258 e. The number of thioether (sulfide) groups is 1. The highest BCUT2D eigenvalue weighted by atomic mass is 79.9. The molecule has 0 spiro atoms. The van der Waals surface area contributed by atoms with Gasteiger partial charge in [0.05, 0.1) is 4.92 Å². The van der Waals surface area contributed by atoms with Gasteiger partial charge in [0.1, 0.15) is 0 Å². The second-order valence-electron chi connectivity index (χ2n) is 2.34. The minimum atomic E-state index is -0.384. The number of rotatable bonds is 3. The van der Waals surface area contributed by atoms with Gasteiger partial charge in [-0.2, -0.15) is 0 Å². The molecular weight excluding hydrogens is 254 g/mol. The quantitative estimate of drug-likeness (QED) is 0.476. The Morgan fingerprint density at radius 1 is 1.54 bits per heavy atom. The number of benzene rings is 1. The van der Waals surface area contributed by atoms with E-state index in [9.17, 15) is 10.1 Å². The average Bonchev–Trinajstić information content (AvgIpc) is 2.03. The van der Waals surface area contributed by atoms with Gasteiger partial charge in [-0.25, -0.2) is 0 Å². The van der Waals surface area contributed by atoms with Gasteiger partial charge in [0, 0.05) is 21.5 Å². The first-order valence-electron chi connectivity index (χ1n) is 3.71. The molecule has 3 nitrogen and oxygen atoms in total. The SMILES string of the molecule is CCSc1cc(Br)cc([N+](=O)[O-])c1. The summed E-state index contributed by atoms with van der Waals surface area (Å²) in [5.41, 5.74) is 0.130. The maximum atomic E-state index is 10.5. The van der Waals surface area contributed by atoms with Gasteiger partial charge in [0.15, 0.2) is 0 Å². The number of nitrogens with zero attached hydrogens (tertiary/aromatic N) is 1. The molecular formula is C8H8BrNO2S. The highest BCUT2D eigenvalue weighted by Crippen LogP contribution is 2.27. The van der Waals surface area contributed by atoms with E-state index in [-0.39, 0.29) is 10.6 Å². The van der Waals surface area contributed by atoms with Gasteiger partial charge in [-0.3, -0.25) is 10.1 Å². The Kier molecular flexibility index (Phi) is 3.74. The second-order valence-corrected chi connectivity index (χ2v) is 4.59. The average molecular weight is 262 g/mol. The maximum Gasteiger partial charge on any atom is 0.271 e. The highest BCUT2D eigenvalue weighted by Gasteiger charge is 2.07. The second kappa shape index (κ2) is 4.62. The molecule has 0 radical (unpaired) electrons. The minimum absolute atomic E-state index is 0.130. The van der Waals surface area contributed by atoms with Crippen molar-refractivity contribution in [2.75, 3.05) is 5.75 Å². The summed E-state index contributed by atoms with van der Waals surface area (Å²) in [6, 6.07) is 4.96. The van der Waals surface area contributed by atoms with Crippen LogP contribution in [0.1, 0.15) is 6.92 Å². The van der Waals surface area contributed by atoms with E-state index < -0.39 is 0 Å². The van der Waals surface area contributed by atoms with Crippen LogP contribution in [0.3, 0.4) is 0 Å². The van der Waals surface area contributed by atoms with Crippen molar-refractivity contribution in [1.29, 1.82) is 0 Å². The van der Waals surface area contributed by atoms with Gasteiger partial charge in [-0.15, -0.1) is 11.8 Å². The smallest absolute Gasteiger partial charge is 0.258 e. The molecule has 0 unspecified atom stereocenters. The molecule has 1 aromatic carbocycles. The van der Waals surface area contributed by atoms with Crippen LogP contribution in [0, 0.1) is 10.1 Å². The van der Waals surface area contributed by atoms with E-state index in [1.165, 1.54) is 6.07 Å². The molecule has 1 rings (SSSR count). The third-order valence-corrected chi connectivity index (χ3v) is 2.69. The fourth-order valence-corrected chi connectivity index (χ4v) is 2.28. The van der Waals surface area contributed by atoms with Gasteiger partial charge in [-0.1, -0.05) is 22.9 Å². The predicted molar refractivity (Wildman–Crippen MR) is 57.2 cm³/mol. The monoisotopic (exact) mass is 261 g/mol. The number of non-ortho nitro benzene ring substituents is 1. The van der Waals surface area contributed by atoms with Gasteiger partial charge < -0.3 is 0 Å². The van der Waals surface area contributed by atoms with Crippen LogP contribution in [0.25, 0.3) is 0 Å². The Morgan fingerprint density at radius 3 is 2.77 bits per heavy atom.